The van der Waals surface area contributed by atoms with Crippen LogP contribution in [0.2, 0.25) is 0 Å². The van der Waals surface area contributed by atoms with E-state index in [0.717, 1.165) is 9.58 Å². The van der Waals surface area contributed by atoms with E-state index in [1.165, 1.54) is 12.4 Å². The van der Waals surface area contributed by atoms with Crippen molar-refractivity contribution in [2.45, 2.75) is 6.54 Å². The fourth-order valence-corrected chi connectivity index (χ4v) is 2.50. The molecule has 0 aliphatic carbocycles. The first kappa shape index (κ1) is 13.5. The Morgan fingerprint density at radius 2 is 1.95 bits per heavy atom. The third-order valence-corrected chi connectivity index (χ3v) is 3.52. The normalized spacial score (nSPS) is 13.7. The number of hydrogen-bond acceptors (Lipinski definition) is 4. The van der Waals surface area contributed by atoms with E-state index in [-0.39, 0.29) is 12.2 Å². The zero-order valence-corrected chi connectivity index (χ0v) is 12.1. The predicted molar refractivity (Wildman–Crippen MR) is 75.1 cm³/mol. The molecule has 1 aromatic heterocycles. The number of aromatic nitrogens is 2. The van der Waals surface area contributed by atoms with Crippen molar-refractivity contribution < 1.29 is 19.5 Å². The summed E-state index contributed by atoms with van der Waals surface area (Å²) in [7, 11) is 0. The zero-order valence-electron chi connectivity index (χ0n) is 10.5. The number of carbonyl (C=O) groups is 3. The number of rotatable bonds is 3. The molecule has 7 nitrogen and oxygen atoms in total. The van der Waals surface area contributed by atoms with Gasteiger partial charge in [0.25, 0.3) is 11.8 Å². The van der Waals surface area contributed by atoms with Crippen molar-refractivity contribution in [2.24, 2.45) is 0 Å². The van der Waals surface area contributed by atoms with Crippen molar-refractivity contribution in [3.8, 4) is 0 Å². The van der Waals surface area contributed by atoms with E-state index < -0.39 is 17.8 Å². The van der Waals surface area contributed by atoms with E-state index >= 15 is 0 Å². The Kier molecular flexibility index (Phi) is 3.09. The maximum atomic E-state index is 12.3. The van der Waals surface area contributed by atoms with Crippen LogP contribution < -0.4 is 4.90 Å². The highest BCUT2D eigenvalue weighted by Gasteiger charge is 2.37. The molecule has 0 saturated heterocycles. The summed E-state index contributed by atoms with van der Waals surface area (Å²) >= 11 is 3.26. The molecular formula is C13H8BrN3O4. The van der Waals surface area contributed by atoms with E-state index in [4.69, 9.17) is 5.11 Å². The number of anilines is 1. The van der Waals surface area contributed by atoms with Crippen LogP contribution in [0.3, 0.4) is 0 Å². The van der Waals surface area contributed by atoms with Gasteiger partial charge in [0.15, 0.2) is 0 Å². The zero-order chi connectivity index (χ0) is 15.1. The second-order valence-electron chi connectivity index (χ2n) is 4.43. The maximum Gasteiger partial charge on any atom is 0.325 e. The molecule has 21 heavy (non-hydrogen) atoms. The SMILES string of the molecule is O=C(O)Cn1cc(N2C(=O)c3ccc(Br)cc3C2=O)cn1. The van der Waals surface area contributed by atoms with Gasteiger partial charge in [-0.15, -0.1) is 0 Å². The summed E-state index contributed by atoms with van der Waals surface area (Å²) in [6, 6.07) is 4.83. The molecule has 8 heteroatoms. The van der Waals surface area contributed by atoms with Crippen LogP contribution in [0.15, 0.2) is 35.1 Å². The van der Waals surface area contributed by atoms with Gasteiger partial charge < -0.3 is 5.11 Å². The molecule has 1 aliphatic heterocycles. The summed E-state index contributed by atoms with van der Waals surface area (Å²) < 4.78 is 1.85. The fourth-order valence-electron chi connectivity index (χ4n) is 2.14. The lowest BCUT2D eigenvalue weighted by molar-refractivity contribution is -0.137. The van der Waals surface area contributed by atoms with Crippen molar-refractivity contribution >= 4 is 39.4 Å². The molecule has 2 heterocycles. The molecule has 1 aliphatic rings. The highest BCUT2D eigenvalue weighted by molar-refractivity contribution is 9.10. The molecular weight excluding hydrogens is 342 g/mol. The Bertz CT molecular complexity index is 783. The highest BCUT2D eigenvalue weighted by Crippen LogP contribution is 2.29. The Labute approximate surface area is 126 Å². The van der Waals surface area contributed by atoms with Gasteiger partial charge in [0, 0.05) is 10.7 Å². The number of carbonyl (C=O) groups excluding carboxylic acids is 2. The first-order chi connectivity index (χ1) is 9.97. The lowest BCUT2D eigenvalue weighted by Gasteiger charge is -2.10. The minimum absolute atomic E-state index is 0.249. The molecule has 0 unspecified atom stereocenters. The molecule has 1 N–H and O–H groups in total. The summed E-state index contributed by atoms with van der Waals surface area (Å²) in [6.45, 7) is -0.339. The van der Waals surface area contributed by atoms with Crippen molar-refractivity contribution in [3.05, 3.63) is 46.2 Å². The van der Waals surface area contributed by atoms with Gasteiger partial charge in [0.1, 0.15) is 6.54 Å². The largest absolute Gasteiger partial charge is 0.480 e. The summed E-state index contributed by atoms with van der Waals surface area (Å²) in [4.78, 5) is 36.2. The molecule has 106 valence electrons. The number of hydrogen-bond donors (Lipinski definition) is 1. The van der Waals surface area contributed by atoms with E-state index in [1.807, 2.05) is 0 Å². The smallest absolute Gasteiger partial charge is 0.325 e. The van der Waals surface area contributed by atoms with Crippen LogP contribution in [0.4, 0.5) is 5.69 Å². The third kappa shape index (κ3) is 2.23. The second kappa shape index (κ2) is 4.81. The quantitative estimate of drug-likeness (QED) is 0.848. The van der Waals surface area contributed by atoms with Crippen LogP contribution in [0.1, 0.15) is 20.7 Å². The van der Waals surface area contributed by atoms with Crippen LogP contribution in [0, 0.1) is 0 Å². The van der Waals surface area contributed by atoms with Gasteiger partial charge in [0.2, 0.25) is 0 Å². The number of benzene rings is 1. The summed E-state index contributed by atoms with van der Waals surface area (Å²) in [6.07, 6.45) is 2.64. The van der Waals surface area contributed by atoms with E-state index in [2.05, 4.69) is 21.0 Å². The average Bonchev–Trinajstić information content (AvgIpc) is 2.94. The second-order valence-corrected chi connectivity index (χ2v) is 5.34. The van der Waals surface area contributed by atoms with Gasteiger partial charge in [0.05, 0.1) is 23.0 Å². The summed E-state index contributed by atoms with van der Waals surface area (Å²) in [5, 5.41) is 12.5. The Balaban J connectivity index is 1.98. The lowest BCUT2D eigenvalue weighted by Crippen LogP contribution is -2.29. The van der Waals surface area contributed by atoms with Gasteiger partial charge in [-0.3, -0.25) is 19.1 Å². The summed E-state index contributed by atoms with van der Waals surface area (Å²) in [5.41, 5.74) is 0.869. The number of fused-ring (bicyclic) bond motifs is 1. The fraction of sp³-hybridized carbons (Fsp3) is 0.0769. The molecule has 0 spiro atoms. The lowest BCUT2D eigenvalue weighted by atomic mass is 10.1. The van der Waals surface area contributed by atoms with Gasteiger partial charge in [-0.05, 0) is 18.2 Å². The number of carboxylic acids is 1. The van der Waals surface area contributed by atoms with E-state index in [1.54, 1.807) is 18.2 Å². The van der Waals surface area contributed by atoms with Crippen LogP contribution >= 0.6 is 15.9 Å². The minimum Gasteiger partial charge on any atom is -0.480 e. The molecule has 0 bridgehead atoms. The van der Waals surface area contributed by atoms with Gasteiger partial charge in [-0.1, -0.05) is 15.9 Å². The Morgan fingerprint density at radius 3 is 2.67 bits per heavy atom. The summed E-state index contributed by atoms with van der Waals surface area (Å²) in [5.74, 6) is -1.96. The van der Waals surface area contributed by atoms with E-state index in [0.29, 0.717) is 15.6 Å². The van der Waals surface area contributed by atoms with Crippen LogP contribution in [-0.2, 0) is 11.3 Å². The number of imide groups is 1. The van der Waals surface area contributed by atoms with Crippen LogP contribution in [0.25, 0.3) is 0 Å². The Morgan fingerprint density at radius 1 is 1.24 bits per heavy atom. The molecule has 0 radical (unpaired) electrons. The first-order valence-corrected chi connectivity index (χ1v) is 6.69. The average molecular weight is 350 g/mol. The van der Waals surface area contributed by atoms with Crippen LogP contribution in [0.5, 0.6) is 0 Å². The van der Waals surface area contributed by atoms with Gasteiger partial charge in [-0.2, -0.15) is 5.10 Å². The van der Waals surface area contributed by atoms with Crippen molar-refractivity contribution in [1.82, 2.24) is 9.78 Å². The minimum atomic E-state index is -1.06. The molecule has 0 saturated carbocycles. The molecule has 2 amide bonds. The van der Waals surface area contributed by atoms with Gasteiger partial charge >= 0.3 is 5.97 Å². The van der Waals surface area contributed by atoms with Crippen molar-refractivity contribution in [3.63, 3.8) is 0 Å². The third-order valence-electron chi connectivity index (χ3n) is 3.02. The van der Waals surface area contributed by atoms with Crippen molar-refractivity contribution in [1.29, 1.82) is 0 Å². The van der Waals surface area contributed by atoms with Crippen LogP contribution in [-0.4, -0.2) is 32.7 Å². The standard InChI is InChI=1S/C13H8BrN3O4/c14-7-1-2-9-10(3-7)13(21)17(12(9)20)8-4-15-16(5-8)6-11(18)19/h1-5H,6H2,(H,18,19). The number of nitrogens with zero attached hydrogens (tertiary/aromatic N) is 3. The number of amides is 2. The predicted octanol–water partition coefficient (Wildman–Crippen LogP) is 1.53. The van der Waals surface area contributed by atoms with E-state index in [9.17, 15) is 14.4 Å². The Hall–Kier alpha value is -2.48. The molecule has 3 rings (SSSR count). The van der Waals surface area contributed by atoms with Crippen molar-refractivity contribution in [2.75, 3.05) is 4.90 Å². The molecule has 0 atom stereocenters. The highest BCUT2D eigenvalue weighted by atomic mass is 79.9. The number of aliphatic carboxylic acids is 1. The molecule has 0 fully saturated rings. The van der Waals surface area contributed by atoms with Gasteiger partial charge in [-0.25, -0.2) is 4.90 Å². The molecule has 1 aromatic carbocycles. The molecule has 2 aromatic rings. The first-order valence-electron chi connectivity index (χ1n) is 5.90. The topological polar surface area (TPSA) is 92.5 Å². The number of halogens is 1. The number of carboxylic acid groups (broad SMARTS) is 1. The monoisotopic (exact) mass is 349 g/mol. The maximum absolute atomic E-state index is 12.3.